The van der Waals surface area contributed by atoms with Crippen LogP contribution in [0.5, 0.6) is 0 Å². The van der Waals surface area contributed by atoms with Crippen molar-refractivity contribution in [1.29, 1.82) is 0 Å². The Kier molecular flexibility index (Phi) is 4.45. The number of nitrogens with two attached hydrogens (primary N) is 1. The molecule has 4 nitrogen and oxygen atoms in total. The number of nitrogens with one attached hydrogen (secondary N) is 1. The normalized spacial score (nSPS) is 34.1. The number of carbonyl (C=O) groups is 1. The van der Waals surface area contributed by atoms with Crippen molar-refractivity contribution in [2.24, 2.45) is 16.8 Å². The summed E-state index contributed by atoms with van der Waals surface area (Å²) in [5.41, 5.74) is 8.38. The molecule has 0 aromatic carbocycles. The smallest absolute Gasteiger partial charge is 0.332 e. The fraction of sp³-hybridized carbons (Fsp3) is 0.800. The van der Waals surface area contributed by atoms with Crippen LogP contribution in [0, 0.1) is 5.92 Å². The Balaban J connectivity index is 2.69. The molecule has 1 aliphatic rings. The molecule has 1 fully saturated rings. The maximum atomic E-state index is 10.6. The summed E-state index contributed by atoms with van der Waals surface area (Å²) >= 11 is 2.01. The van der Waals surface area contributed by atoms with Gasteiger partial charge in [0.2, 0.25) is 0 Å². The van der Waals surface area contributed by atoms with Gasteiger partial charge in [-0.2, -0.15) is 16.9 Å². The molecular formula is C10H19N3OS. The highest BCUT2D eigenvalue weighted by Gasteiger charge is 2.29. The van der Waals surface area contributed by atoms with Gasteiger partial charge in [0.05, 0.1) is 0 Å². The van der Waals surface area contributed by atoms with Crippen molar-refractivity contribution in [1.82, 2.24) is 5.43 Å². The molecule has 15 heavy (non-hydrogen) atoms. The van der Waals surface area contributed by atoms with E-state index in [1.54, 1.807) is 0 Å². The van der Waals surface area contributed by atoms with Gasteiger partial charge in [-0.15, -0.1) is 0 Å². The summed E-state index contributed by atoms with van der Waals surface area (Å²) in [6, 6.07) is -0.589. The first-order valence-corrected chi connectivity index (χ1v) is 6.26. The maximum absolute atomic E-state index is 10.6. The van der Waals surface area contributed by atoms with E-state index in [1.165, 1.54) is 0 Å². The number of thioether (sulfide) groups is 1. The summed E-state index contributed by atoms with van der Waals surface area (Å²) in [6.07, 6.45) is 2.06. The van der Waals surface area contributed by atoms with E-state index in [2.05, 4.69) is 31.3 Å². The molecule has 1 aliphatic heterocycles. The minimum Gasteiger partial charge on any atom is -0.350 e. The SMILES string of the molecule is CC[C@H]1S[C@@H](C)C/C(=N\NC(N)=O)[C@@H]1C. The molecule has 86 valence electrons. The van der Waals surface area contributed by atoms with Gasteiger partial charge < -0.3 is 5.73 Å². The third-order valence-corrected chi connectivity index (χ3v) is 4.42. The largest absolute Gasteiger partial charge is 0.350 e. The zero-order valence-electron chi connectivity index (χ0n) is 9.49. The molecule has 2 amide bonds. The van der Waals surface area contributed by atoms with Crippen molar-refractivity contribution >= 4 is 23.5 Å². The lowest BCUT2D eigenvalue weighted by Crippen LogP contribution is -2.35. The molecule has 0 spiro atoms. The van der Waals surface area contributed by atoms with Crippen molar-refractivity contribution < 1.29 is 4.79 Å². The van der Waals surface area contributed by atoms with Gasteiger partial charge >= 0.3 is 6.03 Å². The molecule has 1 saturated heterocycles. The Labute approximate surface area is 95.1 Å². The van der Waals surface area contributed by atoms with Crippen LogP contribution in [-0.2, 0) is 0 Å². The number of amides is 2. The van der Waals surface area contributed by atoms with Crippen molar-refractivity contribution in [3.05, 3.63) is 0 Å². The molecule has 0 bridgehead atoms. The van der Waals surface area contributed by atoms with E-state index in [9.17, 15) is 4.79 Å². The van der Waals surface area contributed by atoms with E-state index >= 15 is 0 Å². The zero-order valence-corrected chi connectivity index (χ0v) is 10.3. The molecule has 3 atom stereocenters. The van der Waals surface area contributed by atoms with E-state index < -0.39 is 6.03 Å². The Morgan fingerprint density at radius 2 is 2.33 bits per heavy atom. The average Bonchev–Trinajstić information content (AvgIpc) is 2.18. The summed E-state index contributed by atoms with van der Waals surface area (Å²) < 4.78 is 0. The molecule has 0 radical (unpaired) electrons. The van der Waals surface area contributed by atoms with Crippen LogP contribution in [0.1, 0.15) is 33.6 Å². The topological polar surface area (TPSA) is 67.5 Å². The molecule has 3 N–H and O–H groups in total. The zero-order chi connectivity index (χ0) is 11.4. The van der Waals surface area contributed by atoms with Crippen LogP contribution in [0.3, 0.4) is 0 Å². The third-order valence-electron chi connectivity index (χ3n) is 2.70. The first-order chi connectivity index (χ1) is 7.04. The summed E-state index contributed by atoms with van der Waals surface area (Å²) in [5, 5.41) is 5.26. The molecule has 1 heterocycles. The maximum Gasteiger partial charge on any atom is 0.332 e. The van der Waals surface area contributed by atoms with E-state index in [0.717, 1.165) is 18.6 Å². The summed E-state index contributed by atoms with van der Waals surface area (Å²) in [7, 11) is 0. The second-order valence-electron chi connectivity index (χ2n) is 3.97. The predicted octanol–water partition coefficient (Wildman–Crippen LogP) is 1.95. The van der Waals surface area contributed by atoms with Gasteiger partial charge in [0.1, 0.15) is 0 Å². The Morgan fingerprint density at radius 1 is 1.67 bits per heavy atom. The molecule has 0 unspecified atom stereocenters. The van der Waals surface area contributed by atoms with E-state index in [0.29, 0.717) is 16.4 Å². The van der Waals surface area contributed by atoms with Crippen LogP contribution < -0.4 is 11.2 Å². The quantitative estimate of drug-likeness (QED) is 0.711. The lowest BCUT2D eigenvalue weighted by Gasteiger charge is -2.32. The molecule has 0 saturated carbocycles. The lowest BCUT2D eigenvalue weighted by molar-refractivity contribution is 0.249. The molecule has 5 heteroatoms. The van der Waals surface area contributed by atoms with Crippen LogP contribution in [0.4, 0.5) is 4.79 Å². The summed E-state index contributed by atoms with van der Waals surface area (Å²) in [5.74, 6) is 0.419. The van der Waals surface area contributed by atoms with E-state index in [1.807, 2.05) is 11.8 Å². The Morgan fingerprint density at radius 3 is 2.87 bits per heavy atom. The lowest BCUT2D eigenvalue weighted by atomic mass is 9.95. The second-order valence-corrected chi connectivity index (χ2v) is 5.65. The van der Waals surface area contributed by atoms with Gasteiger partial charge in [0.25, 0.3) is 0 Å². The number of hydrazone groups is 1. The number of hydrogen-bond donors (Lipinski definition) is 2. The Bertz CT molecular complexity index is 267. The monoisotopic (exact) mass is 229 g/mol. The highest BCUT2D eigenvalue weighted by atomic mass is 32.2. The van der Waals surface area contributed by atoms with Gasteiger partial charge in [-0.3, -0.25) is 0 Å². The number of primary amides is 1. The van der Waals surface area contributed by atoms with E-state index in [-0.39, 0.29) is 0 Å². The third kappa shape index (κ3) is 3.41. The summed E-state index contributed by atoms with van der Waals surface area (Å²) in [4.78, 5) is 10.6. The molecule has 0 aliphatic carbocycles. The van der Waals surface area contributed by atoms with Crippen molar-refractivity contribution in [3.8, 4) is 0 Å². The number of hydrogen-bond acceptors (Lipinski definition) is 3. The number of carbonyl (C=O) groups excluding carboxylic acids is 1. The molecule has 1 rings (SSSR count). The van der Waals surface area contributed by atoms with Crippen molar-refractivity contribution in [3.63, 3.8) is 0 Å². The number of rotatable bonds is 2. The fourth-order valence-corrected chi connectivity index (χ4v) is 3.33. The van der Waals surface area contributed by atoms with Gasteiger partial charge in [-0.1, -0.05) is 20.8 Å². The second kappa shape index (κ2) is 5.39. The highest BCUT2D eigenvalue weighted by Crippen LogP contribution is 2.35. The summed E-state index contributed by atoms with van der Waals surface area (Å²) in [6.45, 7) is 6.54. The number of nitrogens with zero attached hydrogens (tertiary/aromatic N) is 1. The van der Waals surface area contributed by atoms with Crippen molar-refractivity contribution in [2.45, 2.75) is 44.1 Å². The van der Waals surface area contributed by atoms with Gasteiger partial charge in [0, 0.05) is 22.1 Å². The van der Waals surface area contributed by atoms with Crippen molar-refractivity contribution in [2.75, 3.05) is 0 Å². The molecular weight excluding hydrogens is 210 g/mol. The van der Waals surface area contributed by atoms with E-state index in [4.69, 9.17) is 5.73 Å². The van der Waals surface area contributed by atoms with Crippen LogP contribution in [0.2, 0.25) is 0 Å². The van der Waals surface area contributed by atoms with Gasteiger partial charge in [-0.05, 0) is 12.8 Å². The molecule has 0 aromatic rings. The first-order valence-electron chi connectivity index (χ1n) is 5.32. The molecule has 0 aromatic heterocycles. The standard InChI is InChI=1S/C10H19N3OS/c1-4-9-7(3)8(5-6(2)15-9)12-13-10(11)14/h6-7,9H,4-5H2,1-3H3,(H3,11,13,14)/b12-8+/t6-,7-,9+/m0/s1. The van der Waals surface area contributed by atoms with Crippen LogP contribution in [0.15, 0.2) is 5.10 Å². The fourth-order valence-electron chi connectivity index (χ4n) is 1.88. The van der Waals surface area contributed by atoms with Gasteiger partial charge in [0.15, 0.2) is 0 Å². The number of urea groups is 1. The van der Waals surface area contributed by atoms with Gasteiger partial charge in [-0.25, -0.2) is 10.2 Å². The minimum absolute atomic E-state index is 0.419. The average molecular weight is 229 g/mol. The van der Waals surface area contributed by atoms with Crippen LogP contribution in [0.25, 0.3) is 0 Å². The Hall–Kier alpha value is -0.710. The van der Waals surface area contributed by atoms with Crippen LogP contribution in [-0.4, -0.2) is 22.2 Å². The highest BCUT2D eigenvalue weighted by molar-refractivity contribution is 8.00. The minimum atomic E-state index is -0.589. The van der Waals surface area contributed by atoms with Crippen LogP contribution >= 0.6 is 11.8 Å². The predicted molar refractivity (Wildman–Crippen MR) is 65.1 cm³/mol. The first kappa shape index (κ1) is 12.4.